The smallest absolute Gasteiger partial charge is 0.233 e. The van der Waals surface area contributed by atoms with Crippen molar-refractivity contribution in [3.8, 4) is 11.9 Å². The fourth-order valence-electron chi connectivity index (χ4n) is 13.3. The molecule has 2 aromatic carbocycles. The molecule has 11 rings (SSSR count). The third kappa shape index (κ3) is 10.4. The van der Waals surface area contributed by atoms with E-state index in [0.717, 1.165) is 133 Å². The fraction of sp³-hybridized carbons (Fsp3) is 0.632. The van der Waals surface area contributed by atoms with Crippen molar-refractivity contribution in [2.75, 3.05) is 80.3 Å². The van der Waals surface area contributed by atoms with Crippen LogP contribution in [0, 0.1) is 43.4 Å². The van der Waals surface area contributed by atoms with Gasteiger partial charge in [0.15, 0.2) is 11.6 Å². The van der Waals surface area contributed by atoms with E-state index in [1.165, 1.54) is 103 Å². The molecule has 8 heterocycles. The Morgan fingerprint density at radius 3 is 2.39 bits per heavy atom. The molecule has 2 aromatic heterocycles. The second kappa shape index (κ2) is 21.3. The highest BCUT2D eigenvalue weighted by atomic mass is 16.5. The van der Waals surface area contributed by atoms with Crippen molar-refractivity contribution >= 4 is 28.9 Å². The van der Waals surface area contributed by atoms with E-state index in [-0.39, 0.29) is 12.0 Å². The lowest BCUT2D eigenvalue weighted by Crippen LogP contribution is -2.42. The van der Waals surface area contributed by atoms with Gasteiger partial charge in [-0.1, -0.05) is 25.3 Å². The van der Waals surface area contributed by atoms with Gasteiger partial charge in [-0.2, -0.15) is 10.4 Å². The number of H-pyrrole nitrogens is 1. The van der Waals surface area contributed by atoms with Gasteiger partial charge in [0.25, 0.3) is 0 Å². The predicted molar refractivity (Wildman–Crippen MR) is 277 cm³/mol. The summed E-state index contributed by atoms with van der Waals surface area (Å²) in [6.45, 7) is 21.3. The third-order valence-electron chi connectivity index (χ3n) is 17.7. The Morgan fingerprint density at radius 1 is 0.871 bits per heavy atom. The minimum Gasteiger partial charge on any atom is -0.473 e. The molecule has 6 aliphatic heterocycles. The maximum Gasteiger partial charge on any atom is 0.233 e. The van der Waals surface area contributed by atoms with Gasteiger partial charge in [0.2, 0.25) is 11.8 Å². The third-order valence-corrected chi connectivity index (χ3v) is 17.7. The van der Waals surface area contributed by atoms with Gasteiger partial charge in [0.05, 0.1) is 18.2 Å². The number of carbonyl (C=O) groups excluding carboxylic acids is 1. The molecular weight excluding hydrogens is 873 g/mol. The summed E-state index contributed by atoms with van der Waals surface area (Å²) in [6, 6.07) is 15.9. The van der Waals surface area contributed by atoms with Crippen LogP contribution in [0.4, 0.5) is 23.0 Å². The Hall–Kier alpha value is -5.19. The fourth-order valence-corrected chi connectivity index (χ4v) is 13.3. The summed E-state index contributed by atoms with van der Waals surface area (Å²) in [5.41, 5.74) is 12.7. The number of anilines is 4. The highest BCUT2D eigenvalue weighted by Crippen LogP contribution is 2.47. The Balaban J connectivity index is 0.000000172. The average Bonchev–Trinajstić information content (AvgIpc) is 3.95. The van der Waals surface area contributed by atoms with Crippen LogP contribution in [0.5, 0.6) is 5.88 Å². The summed E-state index contributed by atoms with van der Waals surface area (Å²) in [5, 5.41) is 26.5. The van der Waals surface area contributed by atoms with Gasteiger partial charge in [0.1, 0.15) is 6.10 Å². The van der Waals surface area contributed by atoms with E-state index in [1.807, 2.05) is 17.0 Å². The number of aromatic nitrogens is 4. The molecule has 0 radical (unpaired) electrons. The number of ether oxygens (including phenoxy) is 2. The standard InChI is InChI=1S/C34H48N6O.C23H30N4O2/c1-25-21-34(24-40(25)31-10-9-29(22-35)26(2)27(31)3)15-19-39(20-16-34)32-11-12-33(37-36-32)41-30-13-17-38(18-14-30)23-28-7-5-4-6-8-28;1-15-12-22-18(13-19(15)17-6-10-29-11-7-17)4-3-8-27(22)23-20-14-26(16(2)28)9-5-21(20)24-25-23/h9-12,25,28,30H,4-8,13-21,23-24H2,1-3H3;12-13,17H,3-11,14H2,1-2H3,(H,24,25). The molecular formula is C57H78N10O3. The number of nitriles is 1. The number of benzene rings is 2. The van der Waals surface area contributed by atoms with Crippen LogP contribution in [0.3, 0.4) is 0 Å². The number of hydrogen-bond donors (Lipinski definition) is 1. The Morgan fingerprint density at radius 2 is 1.66 bits per heavy atom. The van der Waals surface area contributed by atoms with Crippen LogP contribution in [0.2, 0.25) is 0 Å². The van der Waals surface area contributed by atoms with Crippen molar-refractivity contribution in [1.29, 1.82) is 5.26 Å². The van der Waals surface area contributed by atoms with E-state index in [9.17, 15) is 10.1 Å². The molecule has 374 valence electrons. The monoisotopic (exact) mass is 951 g/mol. The number of nitrogens with zero attached hydrogens (tertiary/aromatic N) is 9. The van der Waals surface area contributed by atoms with Crippen molar-refractivity contribution in [2.45, 2.75) is 156 Å². The molecule has 4 aromatic rings. The van der Waals surface area contributed by atoms with Crippen LogP contribution < -0.4 is 19.4 Å². The number of carbonyl (C=O) groups is 1. The van der Waals surface area contributed by atoms with Gasteiger partial charge < -0.3 is 34.0 Å². The van der Waals surface area contributed by atoms with Crippen molar-refractivity contribution in [3.63, 3.8) is 0 Å². The van der Waals surface area contributed by atoms with Crippen LogP contribution in [0.15, 0.2) is 36.4 Å². The van der Waals surface area contributed by atoms with Gasteiger partial charge in [-0.25, -0.2) is 0 Å². The number of nitrogens with one attached hydrogen (secondary N) is 1. The summed E-state index contributed by atoms with van der Waals surface area (Å²) in [5.74, 6) is 4.31. The first-order valence-corrected chi connectivity index (χ1v) is 27.1. The summed E-state index contributed by atoms with van der Waals surface area (Å²) in [4.78, 5) is 23.9. The average molecular weight is 951 g/mol. The first-order chi connectivity index (χ1) is 34.0. The predicted octanol–water partition coefficient (Wildman–Crippen LogP) is 9.88. The van der Waals surface area contributed by atoms with Crippen LogP contribution in [0.1, 0.15) is 148 Å². The Labute approximate surface area is 417 Å². The zero-order valence-electron chi connectivity index (χ0n) is 42.9. The van der Waals surface area contributed by atoms with Crippen molar-refractivity contribution < 1.29 is 14.3 Å². The van der Waals surface area contributed by atoms with Crippen molar-refractivity contribution in [3.05, 3.63) is 81.0 Å². The quantitative estimate of drug-likeness (QED) is 0.181. The van der Waals surface area contributed by atoms with E-state index in [4.69, 9.17) is 14.6 Å². The molecule has 1 atom stereocenters. The van der Waals surface area contributed by atoms with Crippen LogP contribution in [-0.4, -0.2) is 114 Å². The molecule has 1 unspecified atom stereocenters. The lowest BCUT2D eigenvalue weighted by Gasteiger charge is -2.40. The number of fused-ring (bicyclic) bond motifs is 2. The highest BCUT2D eigenvalue weighted by Gasteiger charge is 2.45. The molecule has 13 heteroatoms. The van der Waals surface area contributed by atoms with E-state index < -0.39 is 0 Å². The molecule has 4 saturated heterocycles. The first kappa shape index (κ1) is 48.4. The minimum atomic E-state index is 0.138. The summed E-state index contributed by atoms with van der Waals surface area (Å²) < 4.78 is 11.8. The number of rotatable bonds is 8. The summed E-state index contributed by atoms with van der Waals surface area (Å²) in [7, 11) is 0. The van der Waals surface area contributed by atoms with Crippen LogP contribution in [-0.2, 0) is 28.9 Å². The maximum absolute atomic E-state index is 11.9. The number of aromatic amines is 1. The molecule has 1 aliphatic carbocycles. The molecule has 5 fully saturated rings. The lowest BCUT2D eigenvalue weighted by molar-refractivity contribution is -0.129. The molecule has 70 heavy (non-hydrogen) atoms. The van der Waals surface area contributed by atoms with E-state index >= 15 is 0 Å². The van der Waals surface area contributed by atoms with E-state index in [1.54, 1.807) is 6.92 Å². The summed E-state index contributed by atoms with van der Waals surface area (Å²) >= 11 is 0. The summed E-state index contributed by atoms with van der Waals surface area (Å²) in [6.07, 6.45) is 18.4. The number of amides is 1. The zero-order chi connectivity index (χ0) is 48.4. The molecule has 1 amide bonds. The number of hydrogen-bond acceptors (Lipinski definition) is 11. The van der Waals surface area contributed by atoms with E-state index in [2.05, 4.69) is 92.9 Å². The maximum atomic E-state index is 11.9. The molecule has 1 saturated carbocycles. The van der Waals surface area contributed by atoms with Crippen molar-refractivity contribution in [2.24, 2.45) is 11.3 Å². The Kier molecular flexibility index (Phi) is 14.7. The minimum absolute atomic E-state index is 0.138. The second-order valence-corrected chi connectivity index (χ2v) is 22.2. The number of piperidine rings is 2. The molecule has 7 aliphatic rings. The highest BCUT2D eigenvalue weighted by molar-refractivity contribution is 5.75. The second-order valence-electron chi connectivity index (χ2n) is 22.2. The van der Waals surface area contributed by atoms with Gasteiger partial charge in [-0.15, -0.1) is 10.2 Å². The molecule has 0 bridgehead atoms. The van der Waals surface area contributed by atoms with Gasteiger partial charge in [-0.05, 0) is 168 Å². The largest absolute Gasteiger partial charge is 0.473 e. The normalized spacial score (nSPS) is 22.3. The topological polar surface area (TPSA) is 130 Å². The van der Waals surface area contributed by atoms with Crippen molar-refractivity contribution in [1.82, 2.24) is 30.2 Å². The number of likely N-dealkylation sites (tertiary alicyclic amines) is 1. The Bertz CT molecular complexity index is 2490. The van der Waals surface area contributed by atoms with Crippen LogP contribution in [0.25, 0.3) is 0 Å². The van der Waals surface area contributed by atoms with Gasteiger partial charge in [0, 0.05) is 114 Å². The zero-order valence-corrected chi connectivity index (χ0v) is 42.9. The van der Waals surface area contributed by atoms with Gasteiger partial charge >= 0.3 is 0 Å². The molecule has 1 N–H and O–H groups in total. The number of aryl methyl sites for hydroxylation is 2. The molecule has 1 spiro atoms. The first-order valence-electron chi connectivity index (χ1n) is 27.1. The lowest BCUT2D eigenvalue weighted by atomic mass is 9.77. The van der Waals surface area contributed by atoms with Gasteiger partial charge in [-0.3, -0.25) is 9.89 Å². The SMILES string of the molecule is CC(=O)N1CCc2[nH]nc(N3CCCc4cc(C5CCOCC5)c(C)cc43)c2C1.Cc1c(C#N)ccc(N2CC3(CCN(c4ccc(OC5CCN(CC6CCCCC6)CC5)nn4)CC3)CC2C)c1C. The van der Waals surface area contributed by atoms with Crippen LogP contribution >= 0.6 is 0 Å². The van der Waals surface area contributed by atoms with E-state index in [0.29, 0.717) is 29.8 Å². The molecule has 13 nitrogen and oxygen atoms in total.